The minimum absolute atomic E-state index is 0.171. The molecular formula is C10H20N4O. The summed E-state index contributed by atoms with van der Waals surface area (Å²) in [5, 5.41) is 12.9. The number of hydrogen-bond donors (Lipinski definition) is 1. The maximum absolute atomic E-state index is 9.44. The molecule has 5 nitrogen and oxygen atoms in total. The molecule has 0 radical (unpaired) electrons. The van der Waals surface area contributed by atoms with Gasteiger partial charge in [0, 0.05) is 11.5 Å². The maximum Gasteiger partial charge on any atom is 0.0541 e. The van der Waals surface area contributed by atoms with Crippen LogP contribution in [0, 0.1) is 5.92 Å². The van der Waals surface area contributed by atoms with E-state index in [9.17, 15) is 5.11 Å². The molecule has 0 aromatic rings. The Bertz CT molecular complexity index is 217. The lowest BCUT2D eigenvalue weighted by Crippen LogP contribution is -2.37. The summed E-state index contributed by atoms with van der Waals surface area (Å²) in [5.74, 6) is 0.471. The van der Waals surface area contributed by atoms with Crippen molar-refractivity contribution in [2.24, 2.45) is 11.0 Å². The highest BCUT2D eigenvalue weighted by Crippen LogP contribution is 2.20. The Morgan fingerprint density at radius 3 is 2.73 bits per heavy atom. The average Bonchev–Trinajstić information content (AvgIpc) is 2.25. The zero-order chi connectivity index (χ0) is 11.1. The summed E-state index contributed by atoms with van der Waals surface area (Å²) in [7, 11) is 0. The minimum atomic E-state index is -0.171. The first kappa shape index (κ1) is 12.3. The van der Waals surface area contributed by atoms with E-state index in [-0.39, 0.29) is 6.10 Å². The fourth-order valence-corrected chi connectivity index (χ4v) is 2.07. The number of likely N-dealkylation sites (tertiary alicyclic amines) is 1. The monoisotopic (exact) mass is 212 g/mol. The van der Waals surface area contributed by atoms with Crippen molar-refractivity contribution in [3.8, 4) is 0 Å². The van der Waals surface area contributed by atoms with Gasteiger partial charge in [-0.15, -0.1) is 0 Å². The lowest BCUT2D eigenvalue weighted by Gasteiger charge is -2.33. The van der Waals surface area contributed by atoms with Crippen molar-refractivity contribution in [2.75, 3.05) is 26.2 Å². The van der Waals surface area contributed by atoms with Gasteiger partial charge in [0.25, 0.3) is 0 Å². The van der Waals surface area contributed by atoms with Gasteiger partial charge in [0.15, 0.2) is 0 Å². The van der Waals surface area contributed by atoms with Gasteiger partial charge < -0.3 is 10.0 Å². The van der Waals surface area contributed by atoms with E-state index >= 15 is 0 Å². The molecular weight excluding hydrogens is 192 g/mol. The van der Waals surface area contributed by atoms with Gasteiger partial charge in [-0.3, -0.25) is 0 Å². The minimum Gasteiger partial charge on any atom is -0.393 e. The Morgan fingerprint density at radius 1 is 1.53 bits per heavy atom. The van der Waals surface area contributed by atoms with E-state index in [4.69, 9.17) is 5.53 Å². The number of aliphatic hydroxyl groups excluding tert-OH is 1. The lowest BCUT2D eigenvalue weighted by atomic mass is 9.92. The summed E-state index contributed by atoms with van der Waals surface area (Å²) < 4.78 is 0. The quantitative estimate of drug-likeness (QED) is 0.326. The molecule has 1 aliphatic heterocycles. The number of nitrogens with zero attached hydrogens (tertiary/aromatic N) is 4. The molecule has 1 atom stereocenters. The van der Waals surface area contributed by atoms with E-state index in [0.717, 1.165) is 38.9 Å². The van der Waals surface area contributed by atoms with Gasteiger partial charge in [0.1, 0.15) is 0 Å². The van der Waals surface area contributed by atoms with E-state index in [1.807, 2.05) is 6.92 Å². The molecule has 15 heavy (non-hydrogen) atoms. The number of piperidine rings is 1. The molecule has 86 valence electrons. The molecule has 1 rings (SSSR count). The molecule has 0 spiro atoms. The summed E-state index contributed by atoms with van der Waals surface area (Å²) in [6.07, 6.45) is 2.93. The third kappa shape index (κ3) is 4.51. The standard InChI is InChI=1S/C10H20N4O/c1-9(15)10-3-7-14(8-4-10)6-2-5-12-13-11/h9-10,15H,2-8H2,1H3. The van der Waals surface area contributed by atoms with Gasteiger partial charge in [-0.25, -0.2) is 0 Å². The van der Waals surface area contributed by atoms with E-state index in [0.29, 0.717) is 12.5 Å². The Labute approximate surface area is 90.7 Å². The van der Waals surface area contributed by atoms with Crippen molar-refractivity contribution in [3.05, 3.63) is 10.4 Å². The van der Waals surface area contributed by atoms with Crippen LogP contribution >= 0.6 is 0 Å². The third-order valence-corrected chi connectivity index (χ3v) is 3.11. The second-order valence-corrected chi connectivity index (χ2v) is 4.23. The average molecular weight is 212 g/mol. The van der Waals surface area contributed by atoms with Crippen LogP contribution in [0.3, 0.4) is 0 Å². The van der Waals surface area contributed by atoms with Crippen LogP contribution in [-0.2, 0) is 0 Å². The number of hydrogen-bond acceptors (Lipinski definition) is 3. The van der Waals surface area contributed by atoms with E-state index in [1.165, 1.54) is 0 Å². The summed E-state index contributed by atoms with van der Waals surface area (Å²) in [5.41, 5.74) is 8.12. The molecule has 1 heterocycles. The predicted molar refractivity (Wildman–Crippen MR) is 59.5 cm³/mol. The van der Waals surface area contributed by atoms with Crippen LogP contribution in [0.25, 0.3) is 10.4 Å². The van der Waals surface area contributed by atoms with Gasteiger partial charge in [-0.1, -0.05) is 5.11 Å². The van der Waals surface area contributed by atoms with E-state index in [2.05, 4.69) is 14.9 Å². The fourth-order valence-electron chi connectivity index (χ4n) is 2.07. The number of rotatable bonds is 5. The number of aliphatic hydroxyl groups is 1. The van der Waals surface area contributed by atoms with E-state index < -0.39 is 0 Å². The van der Waals surface area contributed by atoms with Crippen molar-refractivity contribution < 1.29 is 5.11 Å². The van der Waals surface area contributed by atoms with Crippen LogP contribution in [0.2, 0.25) is 0 Å². The van der Waals surface area contributed by atoms with E-state index in [1.54, 1.807) is 0 Å². The van der Waals surface area contributed by atoms with Crippen molar-refractivity contribution >= 4 is 0 Å². The van der Waals surface area contributed by atoms with Crippen LogP contribution < -0.4 is 0 Å². The van der Waals surface area contributed by atoms with Crippen LogP contribution in [0.4, 0.5) is 0 Å². The summed E-state index contributed by atoms with van der Waals surface area (Å²) in [4.78, 5) is 5.11. The van der Waals surface area contributed by atoms with Crippen molar-refractivity contribution in [1.82, 2.24) is 4.90 Å². The highest BCUT2D eigenvalue weighted by atomic mass is 16.3. The second kappa shape index (κ2) is 6.67. The van der Waals surface area contributed by atoms with Crippen molar-refractivity contribution in [2.45, 2.75) is 32.3 Å². The van der Waals surface area contributed by atoms with Crippen LogP contribution in [-0.4, -0.2) is 42.3 Å². The van der Waals surface area contributed by atoms with Crippen LogP contribution in [0.1, 0.15) is 26.2 Å². The van der Waals surface area contributed by atoms with Gasteiger partial charge in [0.05, 0.1) is 6.10 Å². The predicted octanol–water partition coefficient (Wildman–Crippen LogP) is 1.78. The molecule has 0 saturated carbocycles. The Kier molecular flexibility index (Phi) is 5.47. The lowest BCUT2D eigenvalue weighted by molar-refractivity contribution is 0.0718. The Balaban J connectivity index is 2.12. The second-order valence-electron chi connectivity index (χ2n) is 4.23. The Hall–Kier alpha value is -0.770. The number of azide groups is 1. The highest BCUT2D eigenvalue weighted by molar-refractivity contribution is 4.75. The molecule has 1 fully saturated rings. The molecule has 0 bridgehead atoms. The molecule has 0 aromatic heterocycles. The normalized spacial score (nSPS) is 20.9. The molecule has 1 saturated heterocycles. The highest BCUT2D eigenvalue weighted by Gasteiger charge is 2.21. The van der Waals surface area contributed by atoms with Gasteiger partial charge in [0.2, 0.25) is 0 Å². The largest absolute Gasteiger partial charge is 0.393 e. The molecule has 1 N–H and O–H groups in total. The van der Waals surface area contributed by atoms with Crippen LogP contribution in [0.5, 0.6) is 0 Å². The third-order valence-electron chi connectivity index (χ3n) is 3.11. The molecule has 0 aliphatic carbocycles. The maximum atomic E-state index is 9.44. The zero-order valence-corrected chi connectivity index (χ0v) is 9.34. The topological polar surface area (TPSA) is 72.2 Å². The zero-order valence-electron chi connectivity index (χ0n) is 9.34. The first-order chi connectivity index (χ1) is 7.24. The Morgan fingerprint density at radius 2 is 2.20 bits per heavy atom. The summed E-state index contributed by atoms with van der Waals surface area (Å²) >= 11 is 0. The molecule has 1 unspecified atom stereocenters. The van der Waals surface area contributed by atoms with Crippen LogP contribution in [0.15, 0.2) is 5.11 Å². The molecule has 5 heteroatoms. The SMILES string of the molecule is CC(O)C1CCN(CCCN=[N+]=[N-])CC1. The van der Waals surface area contributed by atoms with Gasteiger partial charge in [-0.2, -0.15) is 0 Å². The van der Waals surface area contributed by atoms with Gasteiger partial charge in [-0.05, 0) is 57.3 Å². The van der Waals surface area contributed by atoms with Crippen molar-refractivity contribution in [3.63, 3.8) is 0 Å². The summed E-state index contributed by atoms with van der Waals surface area (Å²) in [6, 6.07) is 0. The summed E-state index contributed by atoms with van der Waals surface area (Å²) in [6.45, 7) is 5.60. The first-order valence-corrected chi connectivity index (χ1v) is 5.65. The van der Waals surface area contributed by atoms with Gasteiger partial charge >= 0.3 is 0 Å². The van der Waals surface area contributed by atoms with Crippen molar-refractivity contribution in [1.29, 1.82) is 0 Å². The smallest absolute Gasteiger partial charge is 0.0541 e. The molecule has 0 amide bonds. The molecule has 1 aliphatic rings. The molecule has 0 aromatic carbocycles. The fraction of sp³-hybridized carbons (Fsp3) is 1.00. The first-order valence-electron chi connectivity index (χ1n) is 5.65.